The Morgan fingerprint density at radius 3 is 2.44 bits per heavy atom. The van der Waals surface area contributed by atoms with Gasteiger partial charge in [0.25, 0.3) is 0 Å². The van der Waals surface area contributed by atoms with Gasteiger partial charge in [0.15, 0.2) is 11.5 Å². The van der Waals surface area contributed by atoms with E-state index in [0.717, 1.165) is 40.9 Å². The first-order valence-electron chi connectivity index (χ1n) is 9.13. The Kier molecular flexibility index (Phi) is 9.24. The summed E-state index contributed by atoms with van der Waals surface area (Å²) in [7, 11) is 0. The van der Waals surface area contributed by atoms with Crippen LogP contribution in [0.4, 0.5) is 0 Å². The first-order valence-corrected chi connectivity index (χ1v) is 10.7. The van der Waals surface area contributed by atoms with Crippen molar-refractivity contribution in [1.29, 1.82) is 0 Å². The fraction of sp³-hybridized carbons (Fsp3) is 0.429. The predicted molar refractivity (Wildman–Crippen MR) is 117 cm³/mol. The van der Waals surface area contributed by atoms with E-state index in [1.54, 1.807) is 6.07 Å². The molecule has 0 fully saturated rings. The minimum Gasteiger partial charge on any atom is -0.490 e. The monoisotopic (exact) mass is 473 g/mol. The minimum absolute atomic E-state index is 0.384. The Morgan fingerprint density at radius 1 is 1.04 bits per heavy atom. The lowest BCUT2D eigenvalue weighted by molar-refractivity contribution is 0.269. The highest BCUT2D eigenvalue weighted by Gasteiger charge is 2.12. The zero-order valence-corrected chi connectivity index (χ0v) is 19.0. The van der Waals surface area contributed by atoms with Crippen LogP contribution >= 0.6 is 39.1 Å². The molecule has 2 aromatic carbocycles. The maximum atomic E-state index is 6.08. The van der Waals surface area contributed by atoms with Crippen LogP contribution in [0.5, 0.6) is 11.5 Å². The molecule has 0 saturated heterocycles. The highest BCUT2D eigenvalue weighted by molar-refractivity contribution is 9.10. The average Bonchev–Trinajstić information content (AvgIpc) is 2.62. The molecule has 27 heavy (non-hydrogen) atoms. The molecule has 6 heteroatoms. The normalized spacial score (nSPS) is 11.1. The molecule has 0 heterocycles. The van der Waals surface area contributed by atoms with Gasteiger partial charge in [0.05, 0.1) is 16.7 Å². The highest BCUT2D eigenvalue weighted by Crippen LogP contribution is 2.34. The SMILES string of the molecule is CCOc1cc(CNCCC(C)C)c(Br)cc1OCc1ccc(Cl)c(Cl)c1. The Labute approximate surface area is 180 Å². The number of benzene rings is 2. The Morgan fingerprint density at radius 2 is 1.78 bits per heavy atom. The van der Waals surface area contributed by atoms with Gasteiger partial charge >= 0.3 is 0 Å². The van der Waals surface area contributed by atoms with Crippen LogP contribution in [-0.2, 0) is 13.2 Å². The van der Waals surface area contributed by atoms with Crippen molar-refractivity contribution in [1.82, 2.24) is 5.32 Å². The fourth-order valence-corrected chi connectivity index (χ4v) is 3.28. The lowest BCUT2D eigenvalue weighted by atomic mass is 10.1. The third kappa shape index (κ3) is 7.19. The molecule has 0 aliphatic carbocycles. The summed E-state index contributed by atoms with van der Waals surface area (Å²) in [5.41, 5.74) is 2.09. The Balaban J connectivity index is 2.08. The van der Waals surface area contributed by atoms with Crippen LogP contribution in [0.2, 0.25) is 10.0 Å². The van der Waals surface area contributed by atoms with Gasteiger partial charge in [-0.2, -0.15) is 0 Å². The van der Waals surface area contributed by atoms with Crippen molar-refractivity contribution in [2.24, 2.45) is 5.92 Å². The maximum Gasteiger partial charge on any atom is 0.162 e. The summed E-state index contributed by atoms with van der Waals surface area (Å²) in [6.45, 7) is 9.14. The van der Waals surface area contributed by atoms with Crippen LogP contribution < -0.4 is 14.8 Å². The molecule has 1 N–H and O–H groups in total. The molecule has 0 aromatic heterocycles. The van der Waals surface area contributed by atoms with Crippen LogP contribution in [0.3, 0.4) is 0 Å². The van der Waals surface area contributed by atoms with Gasteiger partial charge in [-0.3, -0.25) is 0 Å². The van der Waals surface area contributed by atoms with E-state index in [1.165, 1.54) is 0 Å². The first kappa shape index (κ1) is 22.4. The van der Waals surface area contributed by atoms with Crippen molar-refractivity contribution in [3.8, 4) is 11.5 Å². The third-order valence-corrected chi connectivity index (χ3v) is 5.48. The summed E-state index contributed by atoms with van der Waals surface area (Å²) in [5, 5.41) is 4.53. The number of halogens is 3. The van der Waals surface area contributed by atoms with Crippen molar-refractivity contribution in [2.45, 2.75) is 40.3 Å². The van der Waals surface area contributed by atoms with Gasteiger partial charge in [0, 0.05) is 11.0 Å². The standard InChI is InChI=1S/C21H26BrCl2NO2/c1-4-26-20-10-16(12-25-8-7-14(2)3)17(22)11-21(20)27-13-15-5-6-18(23)19(24)9-15/h5-6,9-11,14,25H,4,7-8,12-13H2,1-3H3. The molecule has 2 aromatic rings. The van der Waals surface area contributed by atoms with E-state index in [2.05, 4.69) is 35.1 Å². The molecule has 0 amide bonds. The van der Waals surface area contributed by atoms with Gasteiger partial charge in [-0.1, -0.05) is 59.0 Å². The van der Waals surface area contributed by atoms with E-state index < -0.39 is 0 Å². The smallest absolute Gasteiger partial charge is 0.162 e. The Hall–Kier alpha value is -0.940. The second-order valence-electron chi connectivity index (χ2n) is 6.72. The third-order valence-electron chi connectivity index (χ3n) is 4.00. The zero-order chi connectivity index (χ0) is 19.8. The quantitative estimate of drug-likeness (QED) is 0.381. The summed E-state index contributed by atoms with van der Waals surface area (Å²) in [6, 6.07) is 9.47. The second-order valence-corrected chi connectivity index (χ2v) is 8.39. The summed E-state index contributed by atoms with van der Waals surface area (Å²) < 4.78 is 12.8. The van der Waals surface area contributed by atoms with Crippen LogP contribution in [0.1, 0.15) is 38.3 Å². The molecule has 148 valence electrons. The van der Waals surface area contributed by atoms with Crippen LogP contribution in [-0.4, -0.2) is 13.2 Å². The van der Waals surface area contributed by atoms with Crippen molar-refractivity contribution in [3.63, 3.8) is 0 Å². The summed E-state index contributed by atoms with van der Waals surface area (Å²) in [6.07, 6.45) is 1.15. The van der Waals surface area contributed by atoms with Crippen LogP contribution in [0, 0.1) is 5.92 Å². The molecule has 0 saturated carbocycles. The summed E-state index contributed by atoms with van der Waals surface area (Å²) in [4.78, 5) is 0. The first-order chi connectivity index (χ1) is 12.9. The van der Waals surface area contributed by atoms with E-state index >= 15 is 0 Å². The highest BCUT2D eigenvalue weighted by atomic mass is 79.9. The van der Waals surface area contributed by atoms with Crippen molar-refractivity contribution in [3.05, 3.63) is 56.0 Å². The largest absolute Gasteiger partial charge is 0.490 e. The lowest BCUT2D eigenvalue weighted by Crippen LogP contribution is -2.16. The molecule has 3 nitrogen and oxygen atoms in total. The minimum atomic E-state index is 0.384. The van der Waals surface area contributed by atoms with Crippen molar-refractivity contribution >= 4 is 39.1 Å². The summed E-state index contributed by atoms with van der Waals surface area (Å²) >= 11 is 15.7. The topological polar surface area (TPSA) is 30.5 Å². The molecule has 0 radical (unpaired) electrons. The van der Waals surface area contributed by atoms with E-state index in [4.69, 9.17) is 32.7 Å². The molecule has 0 bridgehead atoms. The number of hydrogen-bond acceptors (Lipinski definition) is 3. The number of hydrogen-bond donors (Lipinski definition) is 1. The van der Waals surface area contributed by atoms with E-state index in [0.29, 0.717) is 34.9 Å². The molecular formula is C21H26BrCl2NO2. The number of ether oxygens (including phenoxy) is 2. The van der Waals surface area contributed by atoms with Gasteiger partial charge in [0.2, 0.25) is 0 Å². The van der Waals surface area contributed by atoms with Gasteiger partial charge in [-0.05, 0) is 61.2 Å². The molecule has 2 rings (SSSR count). The maximum absolute atomic E-state index is 6.08. The molecule has 0 aliphatic rings. The number of rotatable bonds is 10. The Bertz CT molecular complexity index is 753. The van der Waals surface area contributed by atoms with Crippen LogP contribution in [0.25, 0.3) is 0 Å². The zero-order valence-electron chi connectivity index (χ0n) is 16.0. The van der Waals surface area contributed by atoms with E-state index in [9.17, 15) is 0 Å². The van der Waals surface area contributed by atoms with E-state index in [-0.39, 0.29) is 0 Å². The van der Waals surface area contributed by atoms with Gasteiger partial charge in [0.1, 0.15) is 6.61 Å². The predicted octanol–water partition coefficient (Wildman–Crippen LogP) is 6.87. The van der Waals surface area contributed by atoms with Gasteiger partial charge in [-0.15, -0.1) is 0 Å². The van der Waals surface area contributed by atoms with Crippen molar-refractivity contribution in [2.75, 3.05) is 13.2 Å². The molecule has 0 spiro atoms. The number of nitrogens with one attached hydrogen (secondary N) is 1. The average molecular weight is 475 g/mol. The molecular weight excluding hydrogens is 449 g/mol. The lowest BCUT2D eigenvalue weighted by Gasteiger charge is -2.16. The van der Waals surface area contributed by atoms with Gasteiger partial charge in [-0.25, -0.2) is 0 Å². The molecule has 0 atom stereocenters. The van der Waals surface area contributed by atoms with E-state index in [1.807, 2.05) is 31.2 Å². The molecule has 0 aliphatic heterocycles. The fourth-order valence-electron chi connectivity index (χ4n) is 2.50. The second kappa shape index (κ2) is 11.2. The van der Waals surface area contributed by atoms with Gasteiger partial charge < -0.3 is 14.8 Å². The van der Waals surface area contributed by atoms with Crippen LogP contribution in [0.15, 0.2) is 34.8 Å². The molecule has 0 unspecified atom stereocenters. The van der Waals surface area contributed by atoms with Crippen molar-refractivity contribution < 1.29 is 9.47 Å². The summed E-state index contributed by atoms with van der Waals surface area (Å²) in [5.74, 6) is 2.12.